The fourth-order valence-corrected chi connectivity index (χ4v) is 4.23. The van der Waals surface area contributed by atoms with Gasteiger partial charge in [0.05, 0.1) is 5.56 Å². The maximum Gasteiger partial charge on any atom is 0.335 e. The summed E-state index contributed by atoms with van der Waals surface area (Å²) >= 11 is 0. The van der Waals surface area contributed by atoms with Crippen LogP contribution in [0, 0.1) is 0 Å². The molecule has 0 aromatic heterocycles. The Hall–Kier alpha value is -2.89. The topological polar surface area (TPSA) is 61.8 Å². The molecule has 0 unspecified atom stereocenters. The van der Waals surface area contributed by atoms with E-state index in [0.29, 0.717) is 24.4 Å². The number of ether oxygens (including phenoxy) is 1. The number of hydrogen-bond donors (Lipinski definition) is 2. The van der Waals surface area contributed by atoms with E-state index in [1.807, 2.05) is 0 Å². The predicted octanol–water partition coefficient (Wildman–Crippen LogP) is 4.34. The van der Waals surface area contributed by atoms with Crippen LogP contribution in [0.3, 0.4) is 0 Å². The molecule has 1 aliphatic rings. The first-order valence-corrected chi connectivity index (χ1v) is 10.5. The van der Waals surface area contributed by atoms with E-state index in [1.54, 1.807) is 24.3 Å². The molecule has 5 heteroatoms. The summed E-state index contributed by atoms with van der Waals surface area (Å²) in [5, 5.41) is 15.4. The normalized spacial score (nSPS) is 17.8. The maximum atomic E-state index is 10.9. The summed E-state index contributed by atoms with van der Waals surface area (Å²) < 4.78 is 5.78. The molecule has 30 heavy (non-hydrogen) atoms. The molecule has 1 aliphatic heterocycles. The standard InChI is InChI=1S/C25H28N2O3/c1-18(23-8-4-6-19-5-2-3-7-24(19)23)26-21-13-14-27(17-21)15-16-30-22-11-9-20(10-12-22)25(28)29/h2-12,18,21,26H,13-17H2,1H3,(H,28,29)/t18-,21+/m1/s1. The third-order valence-electron chi connectivity index (χ3n) is 5.83. The van der Waals surface area contributed by atoms with Gasteiger partial charge in [0.2, 0.25) is 0 Å². The highest BCUT2D eigenvalue weighted by Crippen LogP contribution is 2.25. The van der Waals surface area contributed by atoms with Crippen molar-refractivity contribution < 1.29 is 14.6 Å². The van der Waals surface area contributed by atoms with E-state index >= 15 is 0 Å². The van der Waals surface area contributed by atoms with E-state index in [9.17, 15) is 4.79 Å². The van der Waals surface area contributed by atoms with Gasteiger partial charge < -0.3 is 15.2 Å². The average Bonchev–Trinajstić information content (AvgIpc) is 3.20. The minimum atomic E-state index is -0.921. The number of aromatic carboxylic acids is 1. The van der Waals surface area contributed by atoms with Crippen LogP contribution in [0.4, 0.5) is 0 Å². The fraction of sp³-hybridized carbons (Fsp3) is 0.320. The van der Waals surface area contributed by atoms with Gasteiger partial charge in [-0.2, -0.15) is 0 Å². The van der Waals surface area contributed by atoms with E-state index in [0.717, 1.165) is 26.1 Å². The van der Waals surface area contributed by atoms with Crippen LogP contribution in [0.2, 0.25) is 0 Å². The molecule has 156 valence electrons. The molecule has 3 aromatic rings. The number of nitrogens with one attached hydrogen (secondary N) is 1. The van der Waals surface area contributed by atoms with Crippen LogP contribution in [0.5, 0.6) is 5.75 Å². The van der Waals surface area contributed by atoms with Gasteiger partial charge in [0.15, 0.2) is 0 Å². The molecule has 0 bridgehead atoms. The summed E-state index contributed by atoms with van der Waals surface area (Å²) in [5.74, 6) is -0.215. The minimum absolute atomic E-state index is 0.274. The van der Waals surface area contributed by atoms with Gasteiger partial charge in [0, 0.05) is 25.2 Å². The molecular formula is C25H28N2O3. The Kier molecular flexibility index (Phi) is 6.31. The number of rotatable bonds is 8. The van der Waals surface area contributed by atoms with E-state index < -0.39 is 5.97 Å². The Morgan fingerprint density at radius 1 is 1.13 bits per heavy atom. The van der Waals surface area contributed by atoms with Gasteiger partial charge in [-0.1, -0.05) is 42.5 Å². The number of nitrogens with zero attached hydrogens (tertiary/aromatic N) is 1. The summed E-state index contributed by atoms with van der Waals surface area (Å²) in [4.78, 5) is 13.3. The third kappa shape index (κ3) is 4.81. The van der Waals surface area contributed by atoms with Crippen LogP contribution in [0.1, 0.15) is 35.3 Å². The molecular weight excluding hydrogens is 376 g/mol. The maximum absolute atomic E-state index is 10.9. The molecule has 2 atom stereocenters. The summed E-state index contributed by atoms with van der Waals surface area (Å²) in [6.45, 7) is 5.77. The zero-order valence-electron chi connectivity index (χ0n) is 17.3. The number of carboxylic acids is 1. The van der Waals surface area contributed by atoms with Crippen LogP contribution in [0.25, 0.3) is 10.8 Å². The van der Waals surface area contributed by atoms with Gasteiger partial charge in [-0.3, -0.25) is 4.90 Å². The largest absolute Gasteiger partial charge is 0.492 e. The summed E-state index contributed by atoms with van der Waals surface area (Å²) in [6.07, 6.45) is 1.13. The van der Waals surface area contributed by atoms with Crippen molar-refractivity contribution in [3.8, 4) is 5.75 Å². The van der Waals surface area contributed by atoms with Crippen molar-refractivity contribution in [3.63, 3.8) is 0 Å². The molecule has 2 N–H and O–H groups in total. The average molecular weight is 405 g/mol. The molecule has 3 aromatic carbocycles. The van der Waals surface area contributed by atoms with E-state index in [2.05, 4.69) is 59.6 Å². The van der Waals surface area contributed by atoms with E-state index in [-0.39, 0.29) is 5.56 Å². The second kappa shape index (κ2) is 9.28. The first-order chi connectivity index (χ1) is 14.6. The SMILES string of the molecule is C[C@@H](N[C@H]1CCN(CCOc2ccc(C(=O)O)cc2)C1)c1cccc2ccccc12. The number of benzene rings is 3. The van der Waals surface area contributed by atoms with Gasteiger partial charge in [-0.05, 0) is 60.5 Å². The molecule has 0 amide bonds. The van der Waals surface area contributed by atoms with E-state index in [1.165, 1.54) is 16.3 Å². The predicted molar refractivity (Wildman–Crippen MR) is 119 cm³/mol. The summed E-state index contributed by atoms with van der Waals surface area (Å²) in [5.41, 5.74) is 1.62. The molecule has 0 spiro atoms. The van der Waals surface area contributed by atoms with Crippen molar-refractivity contribution in [2.45, 2.75) is 25.4 Å². The minimum Gasteiger partial charge on any atom is -0.492 e. The molecule has 0 saturated carbocycles. The van der Waals surface area contributed by atoms with Crippen LogP contribution in [-0.4, -0.2) is 48.3 Å². The van der Waals surface area contributed by atoms with Crippen molar-refractivity contribution in [1.29, 1.82) is 0 Å². The number of carboxylic acid groups (broad SMARTS) is 1. The lowest BCUT2D eigenvalue weighted by atomic mass is 9.99. The second-order valence-corrected chi connectivity index (χ2v) is 7.92. The molecule has 5 nitrogen and oxygen atoms in total. The van der Waals surface area contributed by atoms with Crippen molar-refractivity contribution in [3.05, 3.63) is 77.9 Å². The second-order valence-electron chi connectivity index (χ2n) is 7.92. The van der Waals surface area contributed by atoms with Gasteiger partial charge in [0.1, 0.15) is 12.4 Å². The Balaban J connectivity index is 1.25. The molecule has 1 heterocycles. The number of fused-ring (bicyclic) bond motifs is 1. The first kappa shape index (κ1) is 20.4. The van der Waals surface area contributed by atoms with Crippen molar-refractivity contribution >= 4 is 16.7 Å². The third-order valence-corrected chi connectivity index (χ3v) is 5.83. The van der Waals surface area contributed by atoms with Crippen LogP contribution >= 0.6 is 0 Å². The zero-order valence-corrected chi connectivity index (χ0v) is 17.3. The zero-order chi connectivity index (χ0) is 20.9. The van der Waals surface area contributed by atoms with Crippen molar-refractivity contribution in [2.24, 2.45) is 0 Å². The van der Waals surface area contributed by atoms with Gasteiger partial charge in [-0.25, -0.2) is 4.79 Å². The van der Waals surface area contributed by atoms with E-state index in [4.69, 9.17) is 9.84 Å². The summed E-state index contributed by atoms with van der Waals surface area (Å²) in [6, 6.07) is 22.4. The van der Waals surface area contributed by atoms with Crippen molar-refractivity contribution in [2.75, 3.05) is 26.2 Å². The lowest BCUT2D eigenvalue weighted by molar-refractivity contribution is 0.0697. The van der Waals surface area contributed by atoms with Crippen molar-refractivity contribution in [1.82, 2.24) is 10.2 Å². The quantitative estimate of drug-likeness (QED) is 0.585. The van der Waals surface area contributed by atoms with Gasteiger partial charge >= 0.3 is 5.97 Å². The fourth-order valence-electron chi connectivity index (χ4n) is 4.23. The molecule has 1 saturated heterocycles. The smallest absolute Gasteiger partial charge is 0.335 e. The highest BCUT2D eigenvalue weighted by molar-refractivity contribution is 5.87. The molecule has 0 radical (unpaired) electrons. The lowest BCUT2D eigenvalue weighted by Crippen LogP contribution is -2.35. The van der Waals surface area contributed by atoms with Crippen LogP contribution in [0.15, 0.2) is 66.7 Å². The Bertz CT molecular complexity index is 997. The molecule has 4 rings (SSSR count). The van der Waals surface area contributed by atoms with Crippen LogP contribution in [-0.2, 0) is 0 Å². The molecule has 1 fully saturated rings. The number of hydrogen-bond acceptors (Lipinski definition) is 4. The summed E-state index contributed by atoms with van der Waals surface area (Å²) in [7, 11) is 0. The highest BCUT2D eigenvalue weighted by Gasteiger charge is 2.24. The number of carbonyl (C=O) groups is 1. The van der Waals surface area contributed by atoms with Gasteiger partial charge in [0.25, 0.3) is 0 Å². The molecule has 0 aliphatic carbocycles. The Labute approximate surface area is 177 Å². The lowest BCUT2D eigenvalue weighted by Gasteiger charge is -2.22. The van der Waals surface area contributed by atoms with Gasteiger partial charge in [-0.15, -0.1) is 0 Å². The highest BCUT2D eigenvalue weighted by atomic mass is 16.5. The van der Waals surface area contributed by atoms with Crippen LogP contribution < -0.4 is 10.1 Å². The Morgan fingerprint density at radius 3 is 2.70 bits per heavy atom. The monoisotopic (exact) mass is 404 g/mol. The first-order valence-electron chi connectivity index (χ1n) is 10.5. The number of likely N-dealkylation sites (tertiary alicyclic amines) is 1. The Morgan fingerprint density at radius 2 is 1.90 bits per heavy atom.